The molecule has 4 rings (SSSR count). The highest BCUT2D eigenvalue weighted by molar-refractivity contribution is 5.99. The minimum atomic E-state index is -0.217. The minimum absolute atomic E-state index is 0.000873. The van der Waals surface area contributed by atoms with Gasteiger partial charge in [-0.15, -0.1) is 0 Å². The fraction of sp³-hybridized carbons (Fsp3) is 0.333. The molecule has 0 radical (unpaired) electrons. The summed E-state index contributed by atoms with van der Waals surface area (Å²) >= 11 is 0. The molecule has 1 N–H and O–H groups in total. The smallest absolute Gasteiger partial charge is 0.262 e. The number of nitrogens with one attached hydrogen (secondary N) is 1. The Balaban J connectivity index is 1.37. The Morgan fingerprint density at radius 1 is 1.19 bits per heavy atom. The average Bonchev–Trinajstić information content (AvgIpc) is 2.67. The van der Waals surface area contributed by atoms with E-state index in [1.807, 2.05) is 11.0 Å². The van der Waals surface area contributed by atoms with Crippen molar-refractivity contribution >= 4 is 17.5 Å². The number of hydrogen-bond acceptors (Lipinski definition) is 3. The van der Waals surface area contributed by atoms with Crippen molar-refractivity contribution in [2.24, 2.45) is 5.92 Å². The van der Waals surface area contributed by atoms with Crippen molar-refractivity contribution < 1.29 is 18.7 Å². The van der Waals surface area contributed by atoms with Gasteiger partial charge in [0.1, 0.15) is 11.6 Å². The Bertz CT molecular complexity index is 875. The first-order valence-corrected chi connectivity index (χ1v) is 9.19. The molecule has 0 unspecified atom stereocenters. The molecule has 0 aromatic heterocycles. The number of carbonyl (C=O) groups is 2. The maximum atomic E-state index is 13.3. The first-order valence-electron chi connectivity index (χ1n) is 9.19. The molecule has 27 heavy (non-hydrogen) atoms. The van der Waals surface area contributed by atoms with Crippen LogP contribution in [0.5, 0.6) is 5.75 Å². The second kappa shape index (κ2) is 7.39. The molecule has 2 heterocycles. The van der Waals surface area contributed by atoms with Crippen molar-refractivity contribution in [3.63, 3.8) is 0 Å². The van der Waals surface area contributed by atoms with E-state index in [1.54, 1.807) is 30.3 Å². The number of rotatable bonds is 3. The summed E-state index contributed by atoms with van der Waals surface area (Å²) in [5.74, 6) is 0.572. The number of amides is 2. The normalized spacial score (nSPS) is 17.1. The molecule has 140 valence electrons. The van der Waals surface area contributed by atoms with E-state index in [2.05, 4.69) is 5.32 Å². The molecule has 2 aromatic carbocycles. The third-order valence-electron chi connectivity index (χ3n) is 5.17. The SMILES string of the molecule is O=C1COc2ccc(C(=O)N3CCC(Cc4cccc(F)c4)CC3)cc2N1. The molecule has 2 aliphatic heterocycles. The van der Waals surface area contributed by atoms with E-state index >= 15 is 0 Å². The predicted octanol–water partition coefficient (Wildman–Crippen LogP) is 3.25. The molecule has 0 bridgehead atoms. The summed E-state index contributed by atoms with van der Waals surface area (Å²) in [5, 5.41) is 2.73. The molecule has 1 fully saturated rings. The van der Waals surface area contributed by atoms with Crippen molar-refractivity contribution in [3.05, 3.63) is 59.4 Å². The Morgan fingerprint density at radius 2 is 2.00 bits per heavy atom. The number of fused-ring (bicyclic) bond motifs is 1. The first-order chi connectivity index (χ1) is 13.1. The monoisotopic (exact) mass is 368 g/mol. The molecular formula is C21H21FN2O3. The van der Waals surface area contributed by atoms with E-state index in [9.17, 15) is 14.0 Å². The zero-order valence-electron chi connectivity index (χ0n) is 14.9. The first kappa shape index (κ1) is 17.5. The number of nitrogens with zero attached hydrogens (tertiary/aromatic N) is 1. The Kier molecular flexibility index (Phi) is 4.79. The van der Waals surface area contributed by atoms with E-state index in [4.69, 9.17) is 4.74 Å². The van der Waals surface area contributed by atoms with Gasteiger partial charge in [-0.2, -0.15) is 0 Å². The summed E-state index contributed by atoms with van der Waals surface area (Å²) in [6, 6.07) is 11.9. The molecule has 6 heteroatoms. The fourth-order valence-electron chi connectivity index (χ4n) is 3.74. The van der Waals surface area contributed by atoms with Crippen LogP contribution in [-0.2, 0) is 11.2 Å². The number of benzene rings is 2. The van der Waals surface area contributed by atoms with Crippen LogP contribution in [0, 0.1) is 11.7 Å². The molecule has 2 aliphatic rings. The average molecular weight is 368 g/mol. The van der Waals surface area contributed by atoms with Gasteiger partial charge in [-0.3, -0.25) is 9.59 Å². The number of likely N-dealkylation sites (tertiary alicyclic amines) is 1. The standard InChI is InChI=1S/C21H21FN2O3/c22-17-3-1-2-15(11-17)10-14-6-8-24(9-7-14)21(26)16-4-5-19-18(12-16)23-20(25)13-27-19/h1-5,11-12,14H,6-10,13H2,(H,23,25). The van der Waals surface area contributed by atoms with Crippen LogP contribution in [0.15, 0.2) is 42.5 Å². The number of anilines is 1. The number of hydrogen-bond donors (Lipinski definition) is 1. The molecular weight excluding hydrogens is 347 g/mol. The predicted molar refractivity (Wildman–Crippen MR) is 99.3 cm³/mol. The van der Waals surface area contributed by atoms with Crippen molar-refractivity contribution in [3.8, 4) is 5.75 Å². The van der Waals surface area contributed by atoms with E-state index in [-0.39, 0.29) is 24.2 Å². The lowest BCUT2D eigenvalue weighted by molar-refractivity contribution is -0.118. The number of halogens is 1. The second-order valence-corrected chi connectivity index (χ2v) is 7.12. The highest BCUT2D eigenvalue weighted by Crippen LogP contribution is 2.30. The van der Waals surface area contributed by atoms with E-state index < -0.39 is 0 Å². The summed E-state index contributed by atoms with van der Waals surface area (Å²) in [4.78, 5) is 26.1. The maximum Gasteiger partial charge on any atom is 0.262 e. The number of piperidine rings is 1. The van der Waals surface area contributed by atoms with E-state index in [1.165, 1.54) is 6.07 Å². The van der Waals surface area contributed by atoms with E-state index in [0.29, 0.717) is 36.0 Å². The topological polar surface area (TPSA) is 58.6 Å². The molecule has 2 aromatic rings. The van der Waals surface area contributed by atoms with Gasteiger partial charge in [-0.1, -0.05) is 12.1 Å². The van der Waals surface area contributed by atoms with Crippen LogP contribution >= 0.6 is 0 Å². The Labute approximate surface area is 157 Å². The van der Waals surface area contributed by atoms with Crippen LogP contribution in [0.2, 0.25) is 0 Å². The van der Waals surface area contributed by atoms with Gasteiger partial charge in [0.2, 0.25) is 0 Å². The maximum absolute atomic E-state index is 13.3. The largest absolute Gasteiger partial charge is 0.482 e. The van der Waals surface area contributed by atoms with Crippen molar-refractivity contribution in [2.45, 2.75) is 19.3 Å². The summed E-state index contributed by atoms with van der Waals surface area (Å²) in [6.07, 6.45) is 2.63. The van der Waals surface area contributed by atoms with Gasteiger partial charge in [0, 0.05) is 18.7 Å². The van der Waals surface area contributed by atoms with Gasteiger partial charge < -0.3 is 15.0 Å². The Morgan fingerprint density at radius 3 is 2.78 bits per heavy atom. The lowest BCUT2D eigenvalue weighted by atomic mass is 9.90. The highest BCUT2D eigenvalue weighted by Gasteiger charge is 2.25. The summed E-state index contributed by atoms with van der Waals surface area (Å²) in [7, 11) is 0. The van der Waals surface area contributed by atoms with Crippen LogP contribution in [0.25, 0.3) is 0 Å². The number of carbonyl (C=O) groups excluding carboxylic acids is 2. The van der Waals surface area contributed by atoms with Crippen LogP contribution in [0.1, 0.15) is 28.8 Å². The molecule has 0 saturated carbocycles. The van der Waals surface area contributed by atoms with Gasteiger partial charge >= 0.3 is 0 Å². The third kappa shape index (κ3) is 3.94. The second-order valence-electron chi connectivity index (χ2n) is 7.12. The van der Waals surface area contributed by atoms with Crippen molar-refractivity contribution in [1.82, 2.24) is 4.90 Å². The summed E-state index contributed by atoms with van der Waals surface area (Å²) in [6.45, 7) is 1.36. The zero-order valence-corrected chi connectivity index (χ0v) is 14.9. The van der Waals surface area contributed by atoms with Crippen molar-refractivity contribution in [1.29, 1.82) is 0 Å². The zero-order chi connectivity index (χ0) is 18.8. The fourth-order valence-corrected chi connectivity index (χ4v) is 3.74. The van der Waals surface area contributed by atoms with Gasteiger partial charge in [0.25, 0.3) is 11.8 Å². The van der Waals surface area contributed by atoms with Gasteiger partial charge in [-0.05, 0) is 61.1 Å². The van der Waals surface area contributed by atoms with Crippen LogP contribution in [-0.4, -0.2) is 36.4 Å². The minimum Gasteiger partial charge on any atom is -0.482 e. The van der Waals surface area contributed by atoms with Gasteiger partial charge in [0.15, 0.2) is 6.61 Å². The highest BCUT2D eigenvalue weighted by atomic mass is 19.1. The Hall–Kier alpha value is -2.89. The quantitative estimate of drug-likeness (QED) is 0.905. The van der Waals surface area contributed by atoms with Gasteiger partial charge in [0.05, 0.1) is 5.69 Å². The lowest BCUT2D eigenvalue weighted by Gasteiger charge is -2.32. The molecule has 1 saturated heterocycles. The summed E-state index contributed by atoms with van der Waals surface area (Å²) in [5.41, 5.74) is 2.09. The molecule has 0 spiro atoms. The van der Waals surface area contributed by atoms with E-state index in [0.717, 1.165) is 24.8 Å². The van der Waals surface area contributed by atoms with Gasteiger partial charge in [-0.25, -0.2) is 4.39 Å². The number of ether oxygens (including phenoxy) is 1. The van der Waals surface area contributed by atoms with Crippen LogP contribution in [0.4, 0.5) is 10.1 Å². The molecule has 5 nitrogen and oxygen atoms in total. The lowest BCUT2D eigenvalue weighted by Crippen LogP contribution is -2.39. The third-order valence-corrected chi connectivity index (χ3v) is 5.17. The molecule has 2 amide bonds. The molecule has 0 aliphatic carbocycles. The van der Waals surface area contributed by atoms with Crippen LogP contribution < -0.4 is 10.1 Å². The van der Waals surface area contributed by atoms with Crippen LogP contribution in [0.3, 0.4) is 0 Å². The summed E-state index contributed by atoms with van der Waals surface area (Å²) < 4.78 is 18.7. The molecule has 0 atom stereocenters. The van der Waals surface area contributed by atoms with Crippen molar-refractivity contribution in [2.75, 3.05) is 25.0 Å².